The smallest absolute Gasteiger partial charge is 0.332 e. The Kier molecular flexibility index (Phi) is 4.12. The van der Waals surface area contributed by atoms with E-state index >= 15 is 0 Å². The van der Waals surface area contributed by atoms with Gasteiger partial charge in [0.25, 0.3) is 0 Å². The maximum atomic E-state index is 12.2. The van der Waals surface area contributed by atoms with Crippen LogP contribution in [-0.4, -0.2) is 78.2 Å². The number of urea groups is 1. The van der Waals surface area contributed by atoms with E-state index < -0.39 is 17.5 Å². The SMILES string of the molecule is CN1CCCN(C(=O)NC2(C(=O)O)CCOC2)CC1=O. The minimum Gasteiger partial charge on any atom is -0.479 e. The summed E-state index contributed by atoms with van der Waals surface area (Å²) < 4.78 is 5.08. The fourth-order valence-corrected chi connectivity index (χ4v) is 2.33. The van der Waals surface area contributed by atoms with Gasteiger partial charge in [0.2, 0.25) is 5.91 Å². The normalized spacial score (nSPS) is 27.4. The van der Waals surface area contributed by atoms with Crippen LogP contribution in [0.3, 0.4) is 0 Å². The molecule has 8 heteroatoms. The highest BCUT2D eigenvalue weighted by Crippen LogP contribution is 2.19. The largest absolute Gasteiger partial charge is 0.479 e. The zero-order chi connectivity index (χ0) is 14.8. The lowest BCUT2D eigenvalue weighted by molar-refractivity contribution is -0.144. The molecule has 2 N–H and O–H groups in total. The summed E-state index contributed by atoms with van der Waals surface area (Å²) in [5.41, 5.74) is -1.38. The summed E-state index contributed by atoms with van der Waals surface area (Å²) in [5.74, 6) is -1.26. The number of nitrogens with zero attached hydrogens (tertiary/aromatic N) is 2. The molecule has 0 saturated carbocycles. The molecule has 8 nitrogen and oxygen atoms in total. The Labute approximate surface area is 116 Å². The number of hydrogen-bond donors (Lipinski definition) is 2. The number of nitrogens with one attached hydrogen (secondary N) is 1. The van der Waals surface area contributed by atoms with Crippen molar-refractivity contribution >= 4 is 17.9 Å². The summed E-state index contributed by atoms with van der Waals surface area (Å²) in [6.45, 7) is 1.25. The minimum atomic E-state index is -1.38. The number of rotatable bonds is 2. The van der Waals surface area contributed by atoms with E-state index in [-0.39, 0.29) is 25.5 Å². The maximum absolute atomic E-state index is 12.2. The molecule has 20 heavy (non-hydrogen) atoms. The summed E-state index contributed by atoms with van der Waals surface area (Å²) in [4.78, 5) is 38.2. The molecule has 0 radical (unpaired) electrons. The molecule has 2 fully saturated rings. The quantitative estimate of drug-likeness (QED) is 0.685. The van der Waals surface area contributed by atoms with Gasteiger partial charge in [-0.25, -0.2) is 9.59 Å². The van der Waals surface area contributed by atoms with Crippen LogP contribution >= 0.6 is 0 Å². The van der Waals surface area contributed by atoms with Crippen molar-refractivity contribution in [2.45, 2.75) is 18.4 Å². The van der Waals surface area contributed by atoms with Crippen molar-refractivity contribution in [3.05, 3.63) is 0 Å². The van der Waals surface area contributed by atoms with Gasteiger partial charge in [-0.1, -0.05) is 0 Å². The van der Waals surface area contributed by atoms with Crippen molar-refractivity contribution < 1.29 is 24.2 Å². The summed E-state index contributed by atoms with van der Waals surface area (Å²) in [6, 6.07) is -0.526. The number of likely N-dealkylation sites (N-methyl/N-ethyl adjacent to an activating group) is 1. The summed E-state index contributed by atoms with van der Waals surface area (Å²) >= 11 is 0. The second-order valence-corrected chi connectivity index (χ2v) is 5.21. The van der Waals surface area contributed by atoms with Crippen molar-refractivity contribution in [1.29, 1.82) is 0 Å². The van der Waals surface area contributed by atoms with Gasteiger partial charge in [-0.3, -0.25) is 4.79 Å². The third-order valence-electron chi connectivity index (χ3n) is 3.74. The zero-order valence-electron chi connectivity index (χ0n) is 11.4. The summed E-state index contributed by atoms with van der Waals surface area (Å²) in [6.07, 6.45) is 0.905. The standard InChI is InChI=1S/C12H19N3O5/c1-14-4-2-5-15(7-9(14)16)11(19)13-12(10(17)18)3-6-20-8-12/h2-8H2,1H3,(H,13,19)(H,17,18). The van der Waals surface area contributed by atoms with Gasteiger partial charge in [0.1, 0.15) is 6.54 Å². The van der Waals surface area contributed by atoms with Crippen LogP contribution in [-0.2, 0) is 14.3 Å². The summed E-state index contributed by atoms with van der Waals surface area (Å²) in [7, 11) is 1.69. The van der Waals surface area contributed by atoms with E-state index in [9.17, 15) is 19.5 Å². The van der Waals surface area contributed by atoms with Crippen LogP contribution in [0.15, 0.2) is 0 Å². The van der Waals surface area contributed by atoms with E-state index in [0.717, 1.165) is 0 Å². The molecule has 0 aromatic rings. The first-order chi connectivity index (χ1) is 9.44. The van der Waals surface area contributed by atoms with Gasteiger partial charge in [0.05, 0.1) is 6.61 Å². The molecule has 2 aliphatic rings. The average molecular weight is 285 g/mol. The second kappa shape index (κ2) is 5.66. The Balaban J connectivity index is 2.03. The molecule has 2 rings (SSSR count). The molecule has 0 spiro atoms. The molecule has 0 bridgehead atoms. The highest BCUT2D eigenvalue weighted by molar-refractivity contribution is 5.89. The number of carbonyl (C=O) groups excluding carboxylic acids is 2. The van der Waals surface area contributed by atoms with E-state index in [1.54, 1.807) is 11.9 Å². The van der Waals surface area contributed by atoms with Crippen molar-refractivity contribution in [2.24, 2.45) is 0 Å². The number of ether oxygens (including phenoxy) is 1. The van der Waals surface area contributed by atoms with Crippen LogP contribution in [0.1, 0.15) is 12.8 Å². The lowest BCUT2D eigenvalue weighted by atomic mass is 9.99. The van der Waals surface area contributed by atoms with Gasteiger partial charge < -0.3 is 25.0 Å². The first-order valence-corrected chi connectivity index (χ1v) is 6.57. The molecule has 0 aromatic carbocycles. The molecule has 3 amide bonds. The molecule has 0 aliphatic carbocycles. The van der Waals surface area contributed by atoms with Crippen molar-refractivity contribution in [3.8, 4) is 0 Å². The Morgan fingerprint density at radius 2 is 2.15 bits per heavy atom. The van der Waals surface area contributed by atoms with Crippen LogP contribution in [0.25, 0.3) is 0 Å². The van der Waals surface area contributed by atoms with Gasteiger partial charge in [0.15, 0.2) is 5.54 Å². The molecule has 1 unspecified atom stereocenters. The van der Waals surface area contributed by atoms with Crippen molar-refractivity contribution in [3.63, 3.8) is 0 Å². The zero-order valence-corrected chi connectivity index (χ0v) is 11.4. The molecule has 112 valence electrons. The van der Waals surface area contributed by atoms with Gasteiger partial charge in [-0.15, -0.1) is 0 Å². The Hall–Kier alpha value is -1.83. The Bertz CT molecular complexity index is 419. The number of carbonyl (C=O) groups is 3. The minimum absolute atomic E-state index is 0.0289. The lowest BCUT2D eigenvalue weighted by Crippen LogP contribution is -2.59. The van der Waals surface area contributed by atoms with Crippen molar-refractivity contribution in [1.82, 2.24) is 15.1 Å². The number of carboxylic acid groups (broad SMARTS) is 1. The number of aliphatic carboxylic acids is 1. The Morgan fingerprint density at radius 1 is 1.40 bits per heavy atom. The molecule has 0 aromatic heterocycles. The van der Waals surface area contributed by atoms with Crippen LogP contribution in [0.5, 0.6) is 0 Å². The second-order valence-electron chi connectivity index (χ2n) is 5.21. The Morgan fingerprint density at radius 3 is 2.75 bits per heavy atom. The molecule has 2 saturated heterocycles. The molecule has 1 atom stereocenters. The topological polar surface area (TPSA) is 99.2 Å². The van der Waals surface area contributed by atoms with Crippen LogP contribution in [0, 0.1) is 0 Å². The van der Waals surface area contributed by atoms with Crippen LogP contribution in [0.2, 0.25) is 0 Å². The molecule has 2 aliphatic heterocycles. The van der Waals surface area contributed by atoms with E-state index in [2.05, 4.69) is 5.32 Å². The number of carboxylic acids is 1. The predicted molar refractivity (Wildman–Crippen MR) is 68.2 cm³/mol. The van der Waals surface area contributed by atoms with E-state index in [4.69, 9.17) is 4.74 Å². The first kappa shape index (κ1) is 14.6. The van der Waals surface area contributed by atoms with Gasteiger partial charge in [0, 0.05) is 33.2 Å². The highest BCUT2D eigenvalue weighted by atomic mass is 16.5. The van der Waals surface area contributed by atoms with E-state index in [0.29, 0.717) is 26.1 Å². The molecule has 2 heterocycles. The van der Waals surface area contributed by atoms with E-state index in [1.165, 1.54) is 4.90 Å². The molecular weight excluding hydrogens is 266 g/mol. The third kappa shape index (κ3) is 2.84. The van der Waals surface area contributed by atoms with Crippen LogP contribution in [0.4, 0.5) is 4.79 Å². The number of amides is 3. The third-order valence-corrected chi connectivity index (χ3v) is 3.74. The predicted octanol–water partition coefficient (Wildman–Crippen LogP) is -0.896. The van der Waals surface area contributed by atoms with Gasteiger partial charge in [-0.05, 0) is 6.42 Å². The fourth-order valence-electron chi connectivity index (χ4n) is 2.33. The monoisotopic (exact) mass is 285 g/mol. The maximum Gasteiger partial charge on any atom is 0.332 e. The lowest BCUT2D eigenvalue weighted by Gasteiger charge is -2.28. The van der Waals surface area contributed by atoms with Crippen LogP contribution < -0.4 is 5.32 Å². The van der Waals surface area contributed by atoms with E-state index in [1.807, 2.05) is 0 Å². The van der Waals surface area contributed by atoms with Crippen molar-refractivity contribution in [2.75, 3.05) is 39.9 Å². The first-order valence-electron chi connectivity index (χ1n) is 6.57. The fraction of sp³-hybridized carbons (Fsp3) is 0.750. The number of hydrogen-bond acceptors (Lipinski definition) is 4. The average Bonchev–Trinajstić information content (AvgIpc) is 2.80. The highest BCUT2D eigenvalue weighted by Gasteiger charge is 2.45. The van der Waals surface area contributed by atoms with Gasteiger partial charge in [-0.2, -0.15) is 0 Å². The summed E-state index contributed by atoms with van der Waals surface area (Å²) in [5, 5.41) is 11.8. The molecular formula is C12H19N3O5. The van der Waals surface area contributed by atoms with Gasteiger partial charge >= 0.3 is 12.0 Å².